The summed E-state index contributed by atoms with van der Waals surface area (Å²) in [5, 5.41) is 2.71. The van der Waals surface area contributed by atoms with Crippen molar-refractivity contribution in [3.05, 3.63) is 54.1 Å². The van der Waals surface area contributed by atoms with Crippen LogP contribution in [0.25, 0.3) is 0 Å². The van der Waals surface area contributed by atoms with Crippen molar-refractivity contribution in [2.45, 2.75) is 20.3 Å². The lowest BCUT2D eigenvalue weighted by Crippen LogP contribution is -2.06. The van der Waals surface area contributed by atoms with Gasteiger partial charge in [0, 0.05) is 18.9 Å². The van der Waals surface area contributed by atoms with Crippen molar-refractivity contribution in [3.63, 3.8) is 0 Å². The van der Waals surface area contributed by atoms with Crippen LogP contribution in [-0.2, 0) is 4.79 Å². The average molecular weight is 283 g/mol. The van der Waals surface area contributed by atoms with Crippen molar-refractivity contribution in [2.75, 3.05) is 5.32 Å². The molecular formula is C17H17NO3. The van der Waals surface area contributed by atoms with E-state index in [1.54, 1.807) is 36.4 Å². The first-order valence-electron chi connectivity index (χ1n) is 6.78. The highest BCUT2D eigenvalue weighted by molar-refractivity contribution is 5.96. The summed E-state index contributed by atoms with van der Waals surface area (Å²) in [4.78, 5) is 22.7. The van der Waals surface area contributed by atoms with Crippen LogP contribution in [0, 0.1) is 0 Å². The second-order valence-electron chi connectivity index (χ2n) is 4.58. The van der Waals surface area contributed by atoms with Gasteiger partial charge in [-0.1, -0.05) is 19.1 Å². The van der Waals surface area contributed by atoms with Crippen molar-refractivity contribution in [2.24, 2.45) is 0 Å². The van der Waals surface area contributed by atoms with Gasteiger partial charge in [0.15, 0.2) is 11.5 Å². The number of rotatable bonds is 5. The number of ether oxygens (including phenoxy) is 1. The number of benzene rings is 2. The Labute approximate surface area is 123 Å². The number of para-hydroxylation sites is 2. The van der Waals surface area contributed by atoms with Crippen molar-refractivity contribution in [3.8, 4) is 11.5 Å². The fourth-order valence-electron chi connectivity index (χ4n) is 1.89. The van der Waals surface area contributed by atoms with Crippen molar-refractivity contribution >= 4 is 17.4 Å². The summed E-state index contributed by atoms with van der Waals surface area (Å²) in [6, 6.07) is 14.2. The second-order valence-corrected chi connectivity index (χ2v) is 4.58. The number of hydrogen-bond acceptors (Lipinski definition) is 3. The minimum Gasteiger partial charge on any atom is -0.455 e. The van der Waals surface area contributed by atoms with E-state index in [1.807, 2.05) is 19.1 Å². The SMILES string of the molecule is CCC(=O)c1ccc(Oc2ccccc2NC(C)=O)cc1. The maximum atomic E-state index is 11.6. The number of Topliss-reactive ketones (excluding diaryl/α,β-unsaturated/α-hetero) is 1. The molecule has 2 aromatic carbocycles. The van der Waals surface area contributed by atoms with Crippen LogP contribution < -0.4 is 10.1 Å². The first-order valence-corrected chi connectivity index (χ1v) is 6.78. The maximum absolute atomic E-state index is 11.6. The van der Waals surface area contributed by atoms with Gasteiger partial charge in [0.2, 0.25) is 5.91 Å². The number of amides is 1. The average Bonchev–Trinajstić information content (AvgIpc) is 2.49. The Kier molecular flexibility index (Phi) is 4.72. The van der Waals surface area contributed by atoms with E-state index < -0.39 is 0 Å². The van der Waals surface area contributed by atoms with Gasteiger partial charge in [0.05, 0.1) is 5.69 Å². The Morgan fingerprint density at radius 1 is 1.05 bits per heavy atom. The van der Waals surface area contributed by atoms with Gasteiger partial charge in [-0.2, -0.15) is 0 Å². The highest BCUT2D eigenvalue weighted by Gasteiger charge is 2.07. The van der Waals surface area contributed by atoms with E-state index in [0.717, 1.165) is 0 Å². The summed E-state index contributed by atoms with van der Waals surface area (Å²) in [5.41, 5.74) is 1.28. The zero-order valence-electron chi connectivity index (χ0n) is 12.1. The molecule has 0 aliphatic heterocycles. The smallest absolute Gasteiger partial charge is 0.221 e. The molecule has 4 nitrogen and oxygen atoms in total. The third kappa shape index (κ3) is 3.92. The molecule has 0 saturated carbocycles. The maximum Gasteiger partial charge on any atom is 0.221 e. The number of carbonyl (C=O) groups is 2. The summed E-state index contributed by atoms with van der Waals surface area (Å²) >= 11 is 0. The van der Waals surface area contributed by atoms with Crippen LogP contribution in [0.4, 0.5) is 5.69 Å². The molecule has 0 fully saturated rings. The quantitative estimate of drug-likeness (QED) is 0.843. The van der Waals surface area contributed by atoms with Crippen LogP contribution in [0.5, 0.6) is 11.5 Å². The topological polar surface area (TPSA) is 55.4 Å². The number of nitrogens with one attached hydrogen (secondary N) is 1. The minimum atomic E-state index is -0.157. The highest BCUT2D eigenvalue weighted by Crippen LogP contribution is 2.29. The van der Waals surface area contributed by atoms with Gasteiger partial charge in [-0.3, -0.25) is 9.59 Å². The van der Waals surface area contributed by atoms with Crippen molar-refractivity contribution in [1.82, 2.24) is 0 Å². The molecule has 21 heavy (non-hydrogen) atoms. The second kappa shape index (κ2) is 6.70. The summed E-state index contributed by atoms with van der Waals surface area (Å²) in [6.07, 6.45) is 0.478. The predicted octanol–water partition coefficient (Wildman–Crippen LogP) is 4.03. The normalized spacial score (nSPS) is 10.0. The molecule has 1 amide bonds. The molecule has 108 valence electrons. The van der Waals surface area contributed by atoms with Gasteiger partial charge < -0.3 is 10.1 Å². The summed E-state index contributed by atoms with van der Waals surface area (Å²) in [5.74, 6) is 1.11. The summed E-state index contributed by atoms with van der Waals surface area (Å²) < 4.78 is 5.75. The van der Waals surface area contributed by atoms with Crippen molar-refractivity contribution < 1.29 is 14.3 Å². The molecule has 2 rings (SSSR count). The predicted molar refractivity (Wildman–Crippen MR) is 81.9 cm³/mol. The third-order valence-corrected chi connectivity index (χ3v) is 2.92. The van der Waals surface area contributed by atoms with Crippen LogP contribution in [0.1, 0.15) is 30.6 Å². The van der Waals surface area contributed by atoms with E-state index in [-0.39, 0.29) is 11.7 Å². The first-order chi connectivity index (χ1) is 10.1. The molecule has 0 saturated heterocycles. The van der Waals surface area contributed by atoms with E-state index >= 15 is 0 Å². The lowest BCUT2D eigenvalue weighted by Gasteiger charge is -2.11. The van der Waals surface area contributed by atoms with Crippen LogP contribution in [0.15, 0.2) is 48.5 Å². The number of hydrogen-bond donors (Lipinski definition) is 1. The van der Waals surface area contributed by atoms with Gasteiger partial charge in [0.25, 0.3) is 0 Å². The molecule has 1 N–H and O–H groups in total. The van der Waals surface area contributed by atoms with Gasteiger partial charge >= 0.3 is 0 Å². The van der Waals surface area contributed by atoms with Gasteiger partial charge in [-0.25, -0.2) is 0 Å². The first kappa shape index (κ1) is 14.8. The Hall–Kier alpha value is -2.62. The molecule has 0 radical (unpaired) electrons. The molecule has 0 unspecified atom stereocenters. The number of ketones is 1. The Morgan fingerprint density at radius 3 is 2.33 bits per heavy atom. The van der Waals surface area contributed by atoms with E-state index in [2.05, 4.69) is 5.32 Å². The third-order valence-electron chi connectivity index (χ3n) is 2.92. The van der Waals surface area contributed by atoms with E-state index in [9.17, 15) is 9.59 Å². The van der Waals surface area contributed by atoms with E-state index in [0.29, 0.717) is 29.2 Å². The number of anilines is 1. The van der Waals surface area contributed by atoms with Crippen LogP contribution >= 0.6 is 0 Å². The Bertz CT molecular complexity index is 647. The van der Waals surface area contributed by atoms with Crippen molar-refractivity contribution in [1.29, 1.82) is 0 Å². The molecule has 0 bridgehead atoms. The van der Waals surface area contributed by atoms with Crippen LogP contribution in [-0.4, -0.2) is 11.7 Å². The summed E-state index contributed by atoms with van der Waals surface area (Å²) in [7, 11) is 0. The standard InChI is InChI=1S/C17H17NO3/c1-3-16(20)13-8-10-14(11-9-13)21-17-7-5-4-6-15(17)18-12(2)19/h4-11H,3H2,1-2H3,(H,18,19). The zero-order chi connectivity index (χ0) is 15.2. The van der Waals surface area contributed by atoms with E-state index in [1.165, 1.54) is 6.92 Å². The number of carbonyl (C=O) groups excluding carboxylic acids is 2. The zero-order valence-corrected chi connectivity index (χ0v) is 12.1. The van der Waals surface area contributed by atoms with Crippen LogP contribution in [0.2, 0.25) is 0 Å². The lowest BCUT2D eigenvalue weighted by atomic mass is 10.1. The molecule has 4 heteroatoms. The minimum absolute atomic E-state index is 0.0974. The van der Waals surface area contributed by atoms with Gasteiger partial charge in [-0.05, 0) is 36.4 Å². The Morgan fingerprint density at radius 2 is 1.71 bits per heavy atom. The lowest BCUT2D eigenvalue weighted by molar-refractivity contribution is -0.114. The van der Waals surface area contributed by atoms with Gasteiger partial charge in [-0.15, -0.1) is 0 Å². The summed E-state index contributed by atoms with van der Waals surface area (Å²) in [6.45, 7) is 3.28. The molecule has 0 aliphatic rings. The molecule has 0 aromatic heterocycles. The monoisotopic (exact) mass is 283 g/mol. The molecular weight excluding hydrogens is 266 g/mol. The fourth-order valence-corrected chi connectivity index (χ4v) is 1.89. The molecule has 0 heterocycles. The molecule has 0 spiro atoms. The largest absolute Gasteiger partial charge is 0.455 e. The van der Waals surface area contributed by atoms with Crippen LogP contribution in [0.3, 0.4) is 0 Å². The Balaban J connectivity index is 2.18. The molecule has 0 aliphatic carbocycles. The van der Waals surface area contributed by atoms with E-state index in [4.69, 9.17) is 4.74 Å². The van der Waals surface area contributed by atoms with Gasteiger partial charge in [0.1, 0.15) is 5.75 Å². The molecule has 0 atom stereocenters. The highest BCUT2D eigenvalue weighted by atomic mass is 16.5. The fraction of sp³-hybridized carbons (Fsp3) is 0.176. The molecule has 2 aromatic rings.